The van der Waals surface area contributed by atoms with Crippen LogP contribution in [0.5, 0.6) is 0 Å². The fraction of sp³-hybridized carbons (Fsp3) is 0.600. The third kappa shape index (κ3) is 1.97. The Morgan fingerprint density at radius 2 is 2.12 bits per heavy atom. The van der Waals surface area contributed by atoms with Crippen molar-refractivity contribution in [3.63, 3.8) is 0 Å². The third-order valence-electron chi connectivity index (χ3n) is 2.57. The molecule has 0 fully saturated rings. The summed E-state index contributed by atoms with van der Waals surface area (Å²) < 4.78 is 7.21. The second-order valence-corrected chi connectivity index (χ2v) is 4.12. The van der Waals surface area contributed by atoms with E-state index in [-0.39, 0.29) is 6.04 Å². The maximum absolute atomic E-state index is 5.39. The average Bonchev–Trinajstić information content (AvgIpc) is 2.53. The van der Waals surface area contributed by atoms with E-state index in [0.29, 0.717) is 13.0 Å². The molecule has 16 heavy (non-hydrogen) atoms. The standard InChI is InChI=1S/C10H16N4OP/c1-6-9-8(4-15-5-16)13-14(3)10(9)12-7(2)11-6/h8H,4-5,16H2,1-3H3/q+1. The van der Waals surface area contributed by atoms with Crippen LogP contribution in [0.2, 0.25) is 0 Å². The van der Waals surface area contributed by atoms with Crippen molar-refractivity contribution in [2.45, 2.75) is 19.9 Å². The van der Waals surface area contributed by atoms with Gasteiger partial charge in [-0.2, -0.15) is 0 Å². The molecule has 0 N–H and O–H groups in total. The summed E-state index contributed by atoms with van der Waals surface area (Å²) in [5, 5.41) is 4.49. The normalized spacial score (nSPS) is 18.5. The number of rotatable bonds is 3. The van der Waals surface area contributed by atoms with E-state index in [4.69, 9.17) is 4.74 Å². The van der Waals surface area contributed by atoms with Crippen LogP contribution in [0.25, 0.3) is 0 Å². The lowest BCUT2D eigenvalue weighted by molar-refractivity contribution is -0.482. The van der Waals surface area contributed by atoms with Crippen LogP contribution in [-0.4, -0.2) is 34.7 Å². The molecule has 0 radical (unpaired) electrons. The van der Waals surface area contributed by atoms with Crippen molar-refractivity contribution < 1.29 is 9.43 Å². The van der Waals surface area contributed by atoms with Crippen molar-refractivity contribution in [2.24, 2.45) is 5.11 Å². The number of aryl methyl sites for hydroxylation is 2. The van der Waals surface area contributed by atoms with Crippen LogP contribution in [0.3, 0.4) is 0 Å². The van der Waals surface area contributed by atoms with Crippen LogP contribution in [0.1, 0.15) is 23.1 Å². The van der Waals surface area contributed by atoms with Crippen molar-refractivity contribution >= 4 is 15.1 Å². The van der Waals surface area contributed by atoms with E-state index in [1.807, 2.05) is 25.6 Å². The SMILES string of the molecule is Cc1nc(C)c2c(n1)[N+](C)=NC2COCP. The first-order valence-corrected chi connectivity index (χ1v) is 6.02. The number of fused-ring (bicyclic) bond motifs is 1. The van der Waals surface area contributed by atoms with Crippen LogP contribution < -0.4 is 0 Å². The van der Waals surface area contributed by atoms with Crippen molar-refractivity contribution in [2.75, 3.05) is 20.0 Å². The summed E-state index contributed by atoms with van der Waals surface area (Å²) in [5.74, 6) is 1.69. The molecule has 6 heteroatoms. The van der Waals surface area contributed by atoms with Gasteiger partial charge in [-0.25, -0.2) is 4.98 Å². The van der Waals surface area contributed by atoms with E-state index >= 15 is 0 Å². The van der Waals surface area contributed by atoms with E-state index in [1.165, 1.54) is 0 Å². The first-order chi connectivity index (χ1) is 7.63. The zero-order chi connectivity index (χ0) is 11.7. The third-order valence-corrected chi connectivity index (χ3v) is 2.81. The van der Waals surface area contributed by atoms with Gasteiger partial charge < -0.3 is 4.74 Å². The Hall–Kier alpha value is -0.930. The number of hydrogen-bond acceptors (Lipinski definition) is 4. The van der Waals surface area contributed by atoms with Crippen LogP contribution in [0, 0.1) is 13.8 Å². The average molecular weight is 239 g/mol. The van der Waals surface area contributed by atoms with Crippen LogP contribution in [0.15, 0.2) is 5.11 Å². The van der Waals surface area contributed by atoms with Crippen molar-refractivity contribution in [1.82, 2.24) is 9.97 Å². The van der Waals surface area contributed by atoms with Crippen molar-refractivity contribution in [3.05, 3.63) is 17.1 Å². The van der Waals surface area contributed by atoms with Crippen molar-refractivity contribution in [1.29, 1.82) is 0 Å². The summed E-state index contributed by atoms with van der Waals surface area (Å²) in [5.41, 5.74) is 2.08. The highest BCUT2D eigenvalue weighted by molar-refractivity contribution is 7.16. The van der Waals surface area contributed by atoms with Crippen LogP contribution in [0.4, 0.5) is 5.82 Å². The summed E-state index contributed by atoms with van der Waals surface area (Å²) in [4.78, 5) is 8.79. The Balaban J connectivity index is 2.38. The molecule has 2 rings (SSSR count). The molecule has 0 amide bonds. The first kappa shape index (κ1) is 11.6. The number of nitrogens with zero attached hydrogens (tertiary/aromatic N) is 4. The Morgan fingerprint density at radius 1 is 1.38 bits per heavy atom. The first-order valence-electron chi connectivity index (χ1n) is 5.21. The Labute approximate surface area is 97.2 Å². The van der Waals surface area contributed by atoms with E-state index in [0.717, 1.165) is 22.9 Å². The highest BCUT2D eigenvalue weighted by Gasteiger charge is 2.34. The van der Waals surface area contributed by atoms with E-state index in [9.17, 15) is 0 Å². The fourth-order valence-electron chi connectivity index (χ4n) is 1.96. The van der Waals surface area contributed by atoms with Crippen molar-refractivity contribution in [3.8, 4) is 0 Å². The van der Waals surface area contributed by atoms with Gasteiger partial charge in [0.15, 0.2) is 0 Å². The second-order valence-electron chi connectivity index (χ2n) is 3.79. The lowest BCUT2D eigenvalue weighted by Gasteiger charge is -2.06. The van der Waals surface area contributed by atoms with E-state index < -0.39 is 0 Å². The minimum absolute atomic E-state index is 0.0288. The smallest absolute Gasteiger partial charge is 0.352 e. The molecular weight excluding hydrogens is 223 g/mol. The van der Waals surface area contributed by atoms with Gasteiger partial charge in [-0.3, -0.25) is 0 Å². The molecule has 0 saturated heterocycles. The molecule has 0 aliphatic carbocycles. The van der Waals surface area contributed by atoms with Gasteiger partial charge in [-0.1, -0.05) is 0 Å². The van der Waals surface area contributed by atoms with Gasteiger partial charge in [-0.05, 0) is 11.9 Å². The molecule has 5 nitrogen and oxygen atoms in total. The summed E-state index contributed by atoms with van der Waals surface area (Å²) >= 11 is 0. The topological polar surface area (TPSA) is 50.4 Å². The molecule has 2 atom stereocenters. The minimum atomic E-state index is 0.0288. The van der Waals surface area contributed by atoms with Gasteiger partial charge in [-0.15, -0.1) is 19.1 Å². The molecule has 1 aromatic rings. The Kier molecular flexibility index (Phi) is 3.26. The van der Waals surface area contributed by atoms with E-state index in [2.05, 4.69) is 24.3 Å². The number of ether oxygens (including phenoxy) is 1. The molecule has 0 bridgehead atoms. The molecule has 86 valence electrons. The monoisotopic (exact) mass is 239 g/mol. The molecule has 2 unspecified atom stereocenters. The maximum Gasteiger partial charge on any atom is 0.352 e. The predicted molar refractivity (Wildman–Crippen MR) is 63.0 cm³/mol. The molecule has 1 aliphatic heterocycles. The second kappa shape index (κ2) is 4.52. The molecular formula is C10H16N4OP+. The highest BCUT2D eigenvalue weighted by Crippen LogP contribution is 2.34. The highest BCUT2D eigenvalue weighted by atomic mass is 31.0. The summed E-state index contributed by atoms with van der Waals surface area (Å²) in [6, 6.07) is 0.0288. The Bertz CT molecular complexity index is 447. The predicted octanol–water partition coefficient (Wildman–Crippen LogP) is 1.72. The quantitative estimate of drug-likeness (QED) is 0.596. The van der Waals surface area contributed by atoms with Gasteiger partial charge in [0, 0.05) is 6.92 Å². The molecule has 0 saturated carbocycles. The number of azo groups is 2. The number of hydrogen-bond donors (Lipinski definition) is 0. The fourth-order valence-corrected chi connectivity index (χ4v) is 2.09. The summed E-state index contributed by atoms with van der Waals surface area (Å²) in [6.45, 7) is 4.47. The van der Waals surface area contributed by atoms with Gasteiger partial charge in [0.25, 0.3) is 0 Å². The zero-order valence-electron chi connectivity index (χ0n) is 9.77. The molecule has 2 heterocycles. The maximum atomic E-state index is 5.39. The van der Waals surface area contributed by atoms with Gasteiger partial charge in [0.05, 0.1) is 24.2 Å². The molecule has 0 aromatic carbocycles. The number of aromatic nitrogens is 2. The lowest BCUT2D eigenvalue weighted by Crippen LogP contribution is -2.06. The molecule has 1 aliphatic rings. The summed E-state index contributed by atoms with van der Waals surface area (Å²) in [7, 11) is 4.45. The van der Waals surface area contributed by atoms with Gasteiger partial charge in [0.1, 0.15) is 13.1 Å². The zero-order valence-corrected chi connectivity index (χ0v) is 10.9. The molecule has 0 spiro atoms. The van der Waals surface area contributed by atoms with Crippen LogP contribution >= 0.6 is 9.24 Å². The lowest BCUT2D eigenvalue weighted by atomic mass is 10.1. The summed E-state index contributed by atoms with van der Waals surface area (Å²) in [6.07, 6.45) is 0.622. The molecule has 1 aromatic heterocycles. The van der Waals surface area contributed by atoms with Gasteiger partial charge >= 0.3 is 5.82 Å². The minimum Gasteiger partial charge on any atom is -0.375 e. The van der Waals surface area contributed by atoms with Gasteiger partial charge in [0.2, 0.25) is 5.82 Å². The van der Waals surface area contributed by atoms with E-state index in [1.54, 1.807) is 0 Å². The largest absolute Gasteiger partial charge is 0.375 e. The Morgan fingerprint density at radius 3 is 2.81 bits per heavy atom. The van der Waals surface area contributed by atoms with Crippen LogP contribution in [-0.2, 0) is 4.74 Å².